The Labute approximate surface area is 185 Å². The van der Waals surface area contributed by atoms with Gasteiger partial charge in [0, 0.05) is 33.3 Å². The predicted octanol–water partition coefficient (Wildman–Crippen LogP) is 4.16. The minimum atomic E-state index is -0.256. The molecule has 3 aromatic rings. The van der Waals surface area contributed by atoms with Crippen molar-refractivity contribution in [2.45, 2.75) is 33.7 Å². The largest absolute Gasteiger partial charge is 0.323 e. The maximum Gasteiger partial charge on any atom is 0.238 e. The van der Waals surface area contributed by atoms with E-state index in [1.54, 1.807) is 18.5 Å². The molecule has 0 aliphatic rings. The zero-order chi connectivity index (χ0) is 22.2. The van der Waals surface area contributed by atoms with Crippen LogP contribution >= 0.6 is 0 Å². The average molecular weight is 422 g/mol. The van der Waals surface area contributed by atoms with Crippen LogP contribution in [0.25, 0.3) is 11.1 Å². The highest BCUT2D eigenvalue weighted by Crippen LogP contribution is 2.26. The third kappa shape index (κ3) is 6.02. The van der Waals surface area contributed by atoms with Crippen molar-refractivity contribution >= 4 is 17.4 Å². The van der Waals surface area contributed by atoms with Crippen molar-refractivity contribution in [3.8, 4) is 11.1 Å². The number of carbonyl (C=O) groups is 2. The van der Waals surface area contributed by atoms with Gasteiger partial charge in [-0.1, -0.05) is 45.0 Å². The number of aryl methyl sites for hydroxylation is 1. The first-order chi connectivity index (χ1) is 15.0. The van der Waals surface area contributed by atoms with Crippen LogP contribution in [0.4, 0.5) is 5.69 Å². The quantitative estimate of drug-likeness (QED) is 0.504. The van der Waals surface area contributed by atoms with E-state index in [0.717, 1.165) is 23.2 Å². The number of hydrogen-bond acceptors (Lipinski definition) is 6. The van der Waals surface area contributed by atoms with Gasteiger partial charge in [0.25, 0.3) is 0 Å². The standard InChI is InChI=1S/C24H27N5O2.2H2/c1-4-17-6-5-7-18(10-17)19-11-21(23(27-12-19)24(31)16(2)3)29-22(30)14-26-13-20-8-9-25-15-28-20;;/h5-12,15-16,26H,4,13-14H2,1-3H3,(H,29,30);2*1H. The van der Waals surface area contributed by atoms with E-state index < -0.39 is 0 Å². The Kier molecular flexibility index (Phi) is 7.56. The van der Waals surface area contributed by atoms with Crippen molar-refractivity contribution in [2.75, 3.05) is 11.9 Å². The summed E-state index contributed by atoms with van der Waals surface area (Å²) in [5.41, 5.74) is 4.53. The molecule has 0 aliphatic heterocycles. The molecule has 2 N–H and O–H groups in total. The van der Waals surface area contributed by atoms with Gasteiger partial charge in [-0.05, 0) is 29.7 Å². The molecule has 3 rings (SSSR count). The number of amides is 1. The fourth-order valence-electron chi connectivity index (χ4n) is 3.08. The van der Waals surface area contributed by atoms with Crippen molar-refractivity contribution in [1.82, 2.24) is 20.3 Å². The summed E-state index contributed by atoms with van der Waals surface area (Å²) < 4.78 is 0. The molecule has 7 nitrogen and oxygen atoms in total. The number of benzene rings is 1. The molecule has 0 spiro atoms. The Bertz CT molecular complexity index is 1060. The summed E-state index contributed by atoms with van der Waals surface area (Å²) >= 11 is 0. The summed E-state index contributed by atoms with van der Waals surface area (Å²) in [5, 5.41) is 5.90. The topological polar surface area (TPSA) is 96.9 Å². The van der Waals surface area contributed by atoms with Gasteiger partial charge in [-0.3, -0.25) is 14.6 Å². The molecule has 164 valence electrons. The summed E-state index contributed by atoms with van der Waals surface area (Å²) in [6.45, 7) is 6.25. The second-order valence-corrected chi connectivity index (χ2v) is 7.55. The lowest BCUT2D eigenvalue weighted by Crippen LogP contribution is -2.29. The lowest BCUT2D eigenvalue weighted by Gasteiger charge is -2.14. The summed E-state index contributed by atoms with van der Waals surface area (Å²) in [7, 11) is 0. The minimum Gasteiger partial charge on any atom is -0.323 e. The van der Waals surface area contributed by atoms with Crippen molar-refractivity contribution < 1.29 is 12.4 Å². The fraction of sp³-hybridized carbons (Fsp3) is 0.292. The highest BCUT2D eigenvalue weighted by Gasteiger charge is 2.19. The van der Waals surface area contributed by atoms with E-state index in [0.29, 0.717) is 12.2 Å². The van der Waals surface area contributed by atoms with Crippen LogP contribution in [0.2, 0.25) is 0 Å². The highest BCUT2D eigenvalue weighted by atomic mass is 16.2. The van der Waals surface area contributed by atoms with Crippen LogP contribution in [0, 0.1) is 5.92 Å². The molecular weight excluding hydrogens is 390 g/mol. The van der Waals surface area contributed by atoms with Crippen molar-refractivity contribution in [2.24, 2.45) is 5.92 Å². The van der Waals surface area contributed by atoms with Gasteiger partial charge < -0.3 is 10.6 Å². The maximum absolute atomic E-state index is 12.7. The van der Waals surface area contributed by atoms with Crippen LogP contribution in [0.3, 0.4) is 0 Å². The predicted molar refractivity (Wildman–Crippen MR) is 125 cm³/mol. The maximum atomic E-state index is 12.7. The lowest BCUT2D eigenvalue weighted by molar-refractivity contribution is -0.115. The molecule has 1 amide bonds. The molecule has 2 aromatic heterocycles. The third-order valence-electron chi connectivity index (χ3n) is 4.82. The Morgan fingerprint density at radius 2 is 1.94 bits per heavy atom. The molecule has 0 saturated heterocycles. The molecule has 7 heteroatoms. The van der Waals surface area contributed by atoms with Gasteiger partial charge in [0.05, 0.1) is 17.9 Å². The molecule has 1 aromatic carbocycles. The smallest absolute Gasteiger partial charge is 0.238 e. The van der Waals surface area contributed by atoms with E-state index >= 15 is 0 Å². The summed E-state index contributed by atoms with van der Waals surface area (Å²) in [6.07, 6.45) is 5.73. The van der Waals surface area contributed by atoms with Crippen LogP contribution in [-0.2, 0) is 17.8 Å². The molecular formula is C24H31N5O2. The number of nitrogens with zero attached hydrogens (tertiary/aromatic N) is 3. The molecule has 0 bridgehead atoms. The number of Topliss-reactive ketones (excluding diaryl/α,β-unsaturated/α-hetero) is 1. The highest BCUT2D eigenvalue weighted by molar-refractivity contribution is 6.05. The molecule has 0 unspecified atom stereocenters. The number of anilines is 1. The van der Waals surface area contributed by atoms with Crippen LogP contribution < -0.4 is 10.6 Å². The number of rotatable bonds is 9. The summed E-state index contributed by atoms with van der Waals surface area (Å²) in [6, 6.07) is 11.8. The van der Waals surface area contributed by atoms with Gasteiger partial charge in [-0.2, -0.15) is 0 Å². The number of pyridine rings is 1. The summed E-state index contributed by atoms with van der Waals surface area (Å²) in [5.74, 6) is -0.598. The first kappa shape index (κ1) is 22.2. The van der Waals surface area contributed by atoms with Crippen molar-refractivity contribution in [3.05, 3.63) is 72.1 Å². The third-order valence-corrected chi connectivity index (χ3v) is 4.82. The SMILES string of the molecule is CCc1cccc(-c2cnc(C(=O)C(C)C)c(NC(=O)CNCc3ccncn3)c2)c1.[HH].[HH]. The average Bonchev–Trinajstić information content (AvgIpc) is 2.79. The normalized spacial score (nSPS) is 10.8. The Hall–Kier alpha value is -3.45. The zero-order valence-electron chi connectivity index (χ0n) is 18.1. The Balaban J connectivity index is 0.00000272. The first-order valence-electron chi connectivity index (χ1n) is 10.4. The molecule has 31 heavy (non-hydrogen) atoms. The Morgan fingerprint density at radius 1 is 1.10 bits per heavy atom. The summed E-state index contributed by atoms with van der Waals surface area (Å²) in [4.78, 5) is 37.6. The number of ketones is 1. The van der Waals surface area contributed by atoms with E-state index in [1.165, 1.54) is 11.9 Å². The van der Waals surface area contributed by atoms with Crippen LogP contribution in [0.15, 0.2) is 55.1 Å². The molecule has 0 aliphatic carbocycles. The number of aromatic nitrogens is 3. The van der Waals surface area contributed by atoms with E-state index in [2.05, 4.69) is 44.6 Å². The van der Waals surface area contributed by atoms with E-state index in [1.807, 2.05) is 32.0 Å². The lowest BCUT2D eigenvalue weighted by atomic mass is 10.00. The van der Waals surface area contributed by atoms with Gasteiger partial charge in [0.15, 0.2) is 5.78 Å². The fourth-order valence-corrected chi connectivity index (χ4v) is 3.08. The first-order valence-corrected chi connectivity index (χ1v) is 10.4. The van der Waals surface area contributed by atoms with E-state index in [-0.39, 0.29) is 32.7 Å². The van der Waals surface area contributed by atoms with Crippen LogP contribution in [-0.4, -0.2) is 33.2 Å². The second kappa shape index (κ2) is 10.5. The van der Waals surface area contributed by atoms with Gasteiger partial charge >= 0.3 is 0 Å². The van der Waals surface area contributed by atoms with Gasteiger partial charge in [0.2, 0.25) is 5.91 Å². The van der Waals surface area contributed by atoms with E-state index in [4.69, 9.17) is 0 Å². The zero-order valence-corrected chi connectivity index (χ0v) is 18.1. The van der Waals surface area contributed by atoms with Gasteiger partial charge in [-0.15, -0.1) is 0 Å². The van der Waals surface area contributed by atoms with Crippen molar-refractivity contribution in [3.63, 3.8) is 0 Å². The van der Waals surface area contributed by atoms with Crippen LogP contribution in [0.5, 0.6) is 0 Å². The molecule has 0 radical (unpaired) electrons. The molecule has 0 fully saturated rings. The number of hydrogen-bond donors (Lipinski definition) is 2. The number of carbonyl (C=O) groups excluding carboxylic acids is 2. The molecule has 2 heterocycles. The van der Waals surface area contributed by atoms with Gasteiger partial charge in [-0.25, -0.2) is 9.97 Å². The monoisotopic (exact) mass is 421 g/mol. The Morgan fingerprint density at radius 3 is 2.65 bits per heavy atom. The van der Waals surface area contributed by atoms with Crippen LogP contribution in [0.1, 0.15) is 45.4 Å². The van der Waals surface area contributed by atoms with Crippen molar-refractivity contribution in [1.29, 1.82) is 0 Å². The molecule has 0 atom stereocenters. The minimum absolute atomic E-state index is 0. The van der Waals surface area contributed by atoms with E-state index in [9.17, 15) is 9.59 Å². The number of nitrogens with one attached hydrogen (secondary N) is 2. The van der Waals surface area contributed by atoms with Gasteiger partial charge in [0.1, 0.15) is 12.0 Å². The molecule has 0 saturated carbocycles. The second-order valence-electron chi connectivity index (χ2n) is 7.55.